The number of rotatable bonds is 8. The highest BCUT2D eigenvalue weighted by Crippen LogP contribution is 2.48. The van der Waals surface area contributed by atoms with Gasteiger partial charge in [-0.05, 0) is 54.7 Å². The predicted molar refractivity (Wildman–Crippen MR) is 109 cm³/mol. The van der Waals surface area contributed by atoms with Gasteiger partial charge in [0, 0.05) is 5.69 Å². The van der Waals surface area contributed by atoms with Crippen LogP contribution in [-0.4, -0.2) is 29.5 Å². The Hall–Kier alpha value is -3.24. The van der Waals surface area contributed by atoms with Crippen molar-refractivity contribution < 1.29 is 45.8 Å². The van der Waals surface area contributed by atoms with E-state index in [0.29, 0.717) is 18.4 Å². The molecular weight excluding hydrogens is 468 g/mol. The molecule has 5 nitrogen and oxygen atoms in total. The standard InChI is InChI=1S/C23H21F6NO4/c1-13(22(24,25)26)18(15-5-7-17(8-6-15)34-23(27,28)29)19(31)30-16-4-2-3-14(11-16)12-21(9-10-21)20(32)33/h2-8,11,13,18H,9-10,12H2,1H3,(H,30,31)(H,32,33). The molecule has 0 saturated heterocycles. The number of ether oxygens (including phenoxy) is 1. The van der Waals surface area contributed by atoms with Gasteiger partial charge in [-0.3, -0.25) is 9.59 Å². The lowest BCUT2D eigenvalue weighted by Crippen LogP contribution is -2.34. The molecule has 3 rings (SSSR count). The number of alkyl halides is 6. The van der Waals surface area contributed by atoms with Gasteiger partial charge in [-0.2, -0.15) is 13.2 Å². The molecule has 1 saturated carbocycles. The second kappa shape index (κ2) is 9.19. The van der Waals surface area contributed by atoms with E-state index < -0.39 is 47.4 Å². The summed E-state index contributed by atoms with van der Waals surface area (Å²) in [5, 5.41) is 11.8. The van der Waals surface area contributed by atoms with Crippen molar-refractivity contribution in [3.63, 3.8) is 0 Å². The van der Waals surface area contributed by atoms with Crippen molar-refractivity contribution in [1.29, 1.82) is 0 Å². The summed E-state index contributed by atoms with van der Waals surface area (Å²) in [6.07, 6.45) is -8.49. The molecular formula is C23H21F6NO4. The number of amides is 1. The van der Waals surface area contributed by atoms with Crippen LogP contribution in [0.15, 0.2) is 48.5 Å². The van der Waals surface area contributed by atoms with Crippen molar-refractivity contribution in [1.82, 2.24) is 0 Å². The number of carbonyl (C=O) groups excluding carboxylic acids is 1. The summed E-state index contributed by atoms with van der Waals surface area (Å²) in [6.45, 7) is 0.810. The number of nitrogens with one attached hydrogen (secondary N) is 1. The molecule has 2 unspecified atom stereocenters. The fourth-order valence-corrected chi connectivity index (χ4v) is 3.72. The molecule has 0 aromatic heterocycles. The molecule has 2 aromatic rings. The van der Waals surface area contributed by atoms with E-state index in [-0.39, 0.29) is 17.7 Å². The minimum atomic E-state index is -4.97. The maximum Gasteiger partial charge on any atom is 0.573 e. The van der Waals surface area contributed by atoms with Crippen molar-refractivity contribution in [2.75, 3.05) is 5.32 Å². The average Bonchev–Trinajstić information content (AvgIpc) is 3.48. The Morgan fingerprint density at radius 3 is 2.18 bits per heavy atom. The third-order valence-electron chi connectivity index (χ3n) is 5.82. The normalized spacial score (nSPS) is 16.9. The quantitative estimate of drug-likeness (QED) is 0.452. The predicted octanol–water partition coefficient (Wildman–Crippen LogP) is 5.91. The fourth-order valence-electron chi connectivity index (χ4n) is 3.72. The van der Waals surface area contributed by atoms with Crippen molar-refractivity contribution >= 4 is 17.6 Å². The van der Waals surface area contributed by atoms with Gasteiger partial charge in [0.05, 0.1) is 17.3 Å². The monoisotopic (exact) mass is 489 g/mol. The Balaban J connectivity index is 1.83. The van der Waals surface area contributed by atoms with Gasteiger partial charge in [0.15, 0.2) is 0 Å². The van der Waals surface area contributed by atoms with E-state index in [1.54, 1.807) is 12.1 Å². The Morgan fingerprint density at radius 1 is 1.06 bits per heavy atom. The van der Waals surface area contributed by atoms with Crippen LogP contribution in [0.5, 0.6) is 5.75 Å². The lowest BCUT2D eigenvalue weighted by molar-refractivity contribution is -0.274. The van der Waals surface area contributed by atoms with Crippen molar-refractivity contribution in [2.24, 2.45) is 11.3 Å². The van der Waals surface area contributed by atoms with Crippen LogP contribution in [0.1, 0.15) is 36.8 Å². The van der Waals surface area contributed by atoms with Crippen LogP contribution in [0, 0.1) is 11.3 Å². The van der Waals surface area contributed by atoms with Crippen molar-refractivity contribution in [3.8, 4) is 5.75 Å². The number of halogens is 6. The Kier molecular flexibility index (Phi) is 6.86. The van der Waals surface area contributed by atoms with Crippen molar-refractivity contribution in [3.05, 3.63) is 59.7 Å². The van der Waals surface area contributed by atoms with Crippen LogP contribution in [-0.2, 0) is 16.0 Å². The van der Waals surface area contributed by atoms with E-state index in [1.165, 1.54) is 12.1 Å². The van der Waals surface area contributed by atoms with Crippen LogP contribution < -0.4 is 10.1 Å². The van der Waals surface area contributed by atoms with Gasteiger partial charge in [-0.25, -0.2) is 0 Å². The molecule has 184 valence electrons. The molecule has 1 aliphatic carbocycles. The second-order valence-corrected chi connectivity index (χ2v) is 8.38. The van der Waals surface area contributed by atoms with Gasteiger partial charge >= 0.3 is 18.5 Å². The fraction of sp³-hybridized carbons (Fsp3) is 0.391. The molecule has 11 heteroatoms. The summed E-state index contributed by atoms with van der Waals surface area (Å²) < 4.78 is 81.4. The molecule has 1 aliphatic rings. The number of anilines is 1. The lowest BCUT2D eigenvalue weighted by Gasteiger charge is -2.26. The smallest absolute Gasteiger partial charge is 0.481 e. The highest BCUT2D eigenvalue weighted by atomic mass is 19.4. The molecule has 1 amide bonds. The third kappa shape index (κ3) is 6.21. The summed E-state index contributed by atoms with van der Waals surface area (Å²) in [6, 6.07) is 9.80. The van der Waals surface area contributed by atoms with Gasteiger partial charge in [0.1, 0.15) is 5.75 Å². The Labute approximate surface area is 190 Å². The third-order valence-corrected chi connectivity index (χ3v) is 5.82. The van der Waals surface area contributed by atoms with Crippen LogP contribution >= 0.6 is 0 Å². The number of carbonyl (C=O) groups is 2. The topological polar surface area (TPSA) is 75.6 Å². The first kappa shape index (κ1) is 25.4. The molecule has 0 aliphatic heterocycles. The van der Waals surface area contributed by atoms with Crippen LogP contribution in [0.3, 0.4) is 0 Å². The number of carboxylic acids is 1. The van der Waals surface area contributed by atoms with Gasteiger partial charge in [-0.15, -0.1) is 13.2 Å². The molecule has 34 heavy (non-hydrogen) atoms. The molecule has 0 radical (unpaired) electrons. The summed E-state index contributed by atoms with van der Waals surface area (Å²) in [4.78, 5) is 24.3. The van der Waals surface area contributed by atoms with E-state index in [0.717, 1.165) is 31.2 Å². The van der Waals surface area contributed by atoms with Gasteiger partial charge in [0.25, 0.3) is 0 Å². The van der Waals surface area contributed by atoms with Crippen LogP contribution in [0.2, 0.25) is 0 Å². The summed E-state index contributed by atoms with van der Waals surface area (Å²) >= 11 is 0. The van der Waals surface area contributed by atoms with Crippen LogP contribution in [0.4, 0.5) is 32.0 Å². The molecule has 0 heterocycles. The molecule has 2 N–H and O–H groups in total. The average molecular weight is 489 g/mol. The van der Waals surface area contributed by atoms with Gasteiger partial charge < -0.3 is 15.2 Å². The first-order valence-electron chi connectivity index (χ1n) is 10.3. The largest absolute Gasteiger partial charge is 0.573 e. The maximum absolute atomic E-state index is 13.5. The van der Waals surface area contributed by atoms with E-state index in [1.807, 2.05) is 0 Å². The Bertz CT molecular complexity index is 1040. The molecule has 1 fully saturated rings. The summed E-state index contributed by atoms with van der Waals surface area (Å²) in [7, 11) is 0. The van der Waals surface area contributed by atoms with Crippen LogP contribution in [0.25, 0.3) is 0 Å². The Morgan fingerprint density at radius 2 is 1.68 bits per heavy atom. The summed E-state index contributed by atoms with van der Waals surface area (Å²) in [5.41, 5.74) is -0.224. The molecule has 0 spiro atoms. The van der Waals surface area contributed by atoms with Gasteiger partial charge in [0.2, 0.25) is 5.91 Å². The van der Waals surface area contributed by atoms with E-state index in [4.69, 9.17) is 0 Å². The lowest BCUT2D eigenvalue weighted by atomic mass is 9.85. The van der Waals surface area contributed by atoms with Crippen molar-refractivity contribution in [2.45, 2.75) is 44.6 Å². The molecule has 2 atom stereocenters. The number of hydrogen-bond acceptors (Lipinski definition) is 3. The SMILES string of the molecule is CC(C(C(=O)Nc1cccc(CC2(C(=O)O)CC2)c1)c1ccc(OC(F)(F)F)cc1)C(F)(F)F. The van der Waals surface area contributed by atoms with E-state index in [9.17, 15) is 41.0 Å². The zero-order chi connectivity index (χ0) is 25.3. The number of aliphatic carboxylic acids is 1. The summed E-state index contributed by atoms with van der Waals surface area (Å²) in [5.74, 6) is -6.47. The highest BCUT2D eigenvalue weighted by molar-refractivity contribution is 5.96. The van der Waals surface area contributed by atoms with E-state index >= 15 is 0 Å². The zero-order valence-electron chi connectivity index (χ0n) is 17.8. The number of carboxylic acid groups (broad SMARTS) is 1. The van der Waals surface area contributed by atoms with Gasteiger partial charge in [-0.1, -0.05) is 31.2 Å². The minimum Gasteiger partial charge on any atom is -0.481 e. The second-order valence-electron chi connectivity index (χ2n) is 8.38. The first-order valence-corrected chi connectivity index (χ1v) is 10.3. The van der Waals surface area contributed by atoms with E-state index in [2.05, 4.69) is 10.1 Å². The maximum atomic E-state index is 13.5. The molecule has 2 aromatic carbocycles. The highest BCUT2D eigenvalue weighted by Gasteiger charge is 2.50. The number of benzene rings is 2. The number of hydrogen-bond donors (Lipinski definition) is 2. The zero-order valence-corrected chi connectivity index (χ0v) is 17.8. The first-order chi connectivity index (χ1) is 15.7. The molecule has 0 bridgehead atoms. The minimum absolute atomic E-state index is 0.143.